The van der Waals surface area contributed by atoms with Crippen LogP contribution in [0.4, 0.5) is 0 Å². The predicted octanol–water partition coefficient (Wildman–Crippen LogP) is 4.14. The van der Waals surface area contributed by atoms with Crippen LogP contribution in [0.25, 0.3) is 22.2 Å². The summed E-state index contributed by atoms with van der Waals surface area (Å²) in [5.74, 6) is 0.448. The highest BCUT2D eigenvalue weighted by molar-refractivity contribution is 9.10. The normalized spacial score (nSPS) is 10.9. The third-order valence-corrected chi connectivity index (χ3v) is 4.44. The zero-order chi connectivity index (χ0) is 17.2. The Kier molecular flexibility index (Phi) is 4.11. The Labute approximate surface area is 152 Å². The Bertz CT molecular complexity index is 1060. The van der Waals surface area contributed by atoms with Crippen molar-refractivity contribution in [2.45, 2.75) is 6.54 Å². The van der Waals surface area contributed by atoms with Crippen LogP contribution in [0, 0.1) is 0 Å². The molecule has 0 saturated heterocycles. The number of aromatic nitrogens is 4. The van der Waals surface area contributed by atoms with Gasteiger partial charge in [0.05, 0.1) is 0 Å². The molecule has 4 aromatic rings. The van der Waals surface area contributed by atoms with Crippen LogP contribution in [0.5, 0.6) is 0 Å². The number of ketones is 1. The minimum Gasteiger partial charge on any atom is -0.292 e. The van der Waals surface area contributed by atoms with E-state index >= 15 is 0 Å². The maximum Gasteiger partial charge on any atom is 0.204 e. The van der Waals surface area contributed by atoms with Gasteiger partial charge < -0.3 is 0 Å². The van der Waals surface area contributed by atoms with Crippen molar-refractivity contribution in [3.8, 4) is 11.4 Å². The number of nitrogens with zero attached hydrogens (tertiary/aromatic N) is 4. The highest BCUT2D eigenvalue weighted by Gasteiger charge is 2.11. The van der Waals surface area contributed by atoms with E-state index in [1.807, 2.05) is 66.7 Å². The largest absolute Gasteiger partial charge is 0.292 e. The maximum absolute atomic E-state index is 12.5. The molecule has 0 saturated carbocycles. The summed E-state index contributed by atoms with van der Waals surface area (Å²) in [4.78, 5) is 13.8. The first-order valence-corrected chi connectivity index (χ1v) is 8.54. The van der Waals surface area contributed by atoms with Crippen molar-refractivity contribution in [1.82, 2.24) is 20.2 Å². The van der Waals surface area contributed by atoms with Gasteiger partial charge in [0.15, 0.2) is 5.78 Å². The van der Waals surface area contributed by atoms with Crippen molar-refractivity contribution in [2.75, 3.05) is 0 Å². The van der Waals surface area contributed by atoms with Crippen LogP contribution in [-0.4, -0.2) is 26.0 Å². The standard InChI is InChI=1S/C19H13BrN4O/c20-17-9-7-14(8-10-17)19-21-23-24(22-19)12-18(25)16-6-5-13-3-1-2-4-15(13)11-16/h1-11H,12H2. The highest BCUT2D eigenvalue weighted by Crippen LogP contribution is 2.18. The molecule has 25 heavy (non-hydrogen) atoms. The molecule has 0 fully saturated rings. The van der Waals surface area contributed by atoms with E-state index in [9.17, 15) is 4.79 Å². The Morgan fingerprint density at radius 1 is 0.960 bits per heavy atom. The molecule has 0 bridgehead atoms. The first-order valence-electron chi connectivity index (χ1n) is 7.75. The Hall–Kier alpha value is -2.86. The van der Waals surface area contributed by atoms with Crippen LogP contribution in [-0.2, 0) is 6.54 Å². The van der Waals surface area contributed by atoms with E-state index in [0.717, 1.165) is 20.8 Å². The molecule has 0 aliphatic carbocycles. The molecule has 1 heterocycles. The molecular weight excluding hydrogens is 380 g/mol. The summed E-state index contributed by atoms with van der Waals surface area (Å²) >= 11 is 3.39. The number of hydrogen-bond acceptors (Lipinski definition) is 4. The van der Waals surface area contributed by atoms with E-state index in [4.69, 9.17) is 0 Å². The van der Waals surface area contributed by atoms with Crippen molar-refractivity contribution < 1.29 is 4.79 Å². The lowest BCUT2D eigenvalue weighted by Gasteiger charge is -2.02. The van der Waals surface area contributed by atoms with Crippen LogP contribution in [0.15, 0.2) is 71.2 Å². The van der Waals surface area contributed by atoms with Crippen LogP contribution < -0.4 is 0 Å². The number of carbonyl (C=O) groups excluding carboxylic acids is 1. The van der Waals surface area contributed by atoms with Crippen molar-refractivity contribution in [3.63, 3.8) is 0 Å². The topological polar surface area (TPSA) is 60.7 Å². The molecule has 5 nitrogen and oxygen atoms in total. The molecule has 6 heteroatoms. The van der Waals surface area contributed by atoms with Gasteiger partial charge >= 0.3 is 0 Å². The van der Waals surface area contributed by atoms with E-state index in [0.29, 0.717) is 11.4 Å². The summed E-state index contributed by atoms with van der Waals surface area (Å²) < 4.78 is 0.982. The van der Waals surface area contributed by atoms with E-state index in [-0.39, 0.29) is 12.3 Å². The summed E-state index contributed by atoms with van der Waals surface area (Å²) in [6.45, 7) is 0.0574. The van der Waals surface area contributed by atoms with E-state index < -0.39 is 0 Å². The van der Waals surface area contributed by atoms with Gasteiger partial charge in [0.2, 0.25) is 5.82 Å². The second kappa shape index (κ2) is 6.57. The molecule has 122 valence electrons. The fraction of sp³-hybridized carbons (Fsp3) is 0.0526. The molecule has 4 rings (SSSR count). The van der Waals surface area contributed by atoms with Crippen molar-refractivity contribution in [3.05, 3.63) is 76.8 Å². The molecule has 0 amide bonds. The average molecular weight is 393 g/mol. The average Bonchev–Trinajstić information content (AvgIpc) is 3.10. The second-order valence-electron chi connectivity index (χ2n) is 5.64. The van der Waals surface area contributed by atoms with Crippen molar-refractivity contribution in [1.29, 1.82) is 0 Å². The number of halogens is 1. The zero-order valence-corrected chi connectivity index (χ0v) is 14.7. The predicted molar refractivity (Wildman–Crippen MR) is 99.2 cm³/mol. The fourth-order valence-corrected chi connectivity index (χ4v) is 2.87. The molecule has 0 aliphatic rings. The highest BCUT2D eigenvalue weighted by atomic mass is 79.9. The summed E-state index contributed by atoms with van der Waals surface area (Å²) in [7, 11) is 0. The van der Waals surface area contributed by atoms with E-state index in [2.05, 4.69) is 31.3 Å². The molecule has 0 unspecified atom stereocenters. The third-order valence-electron chi connectivity index (χ3n) is 3.91. The second-order valence-corrected chi connectivity index (χ2v) is 6.55. The molecule has 1 aromatic heterocycles. The Morgan fingerprint density at radius 2 is 1.72 bits per heavy atom. The first kappa shape index (κ1) is 15.7. The van der Waals surface area contributed by atoms with Gasteiger partial charge in [-0.1, -0.05) is 52.3 Å². The van der Waals surface area contributed by atoms with Gasteiger partial charge in [-0.25, -0.2) is 0 Å². The van der Waals surface area contributed by atoms with Gasteiger partial charge in [-0.15, -0.1) is 10.2 Å². The Morgan fingerprint density at radius 3 is 2.52 bits per heavy atom. The van der Waals surface area contributed by atoms with Gasteiger partial charge in [-0.05, 0) is 46.3 Å². The van der Waals surface area contributed by atoms with Crippen molar-refractivity contribution in [2.24, 2.45) is 0 Å². The lowest BCUT2D eigenvalue weighted by molar-refractivity contribution is 0.0961. The summed E-state index contributed by atoms with van der Waals surface area (Å²) in [6.07, 6.45) is 0. The molecule has 0 spiro atoms. The number of Topliss-reactive ketones (excluding diaryl/α,β-unsaturated/α-hetero) is 1. The van der Waals surface area contributed by atoms with Crippen LogP contribution in [0.2, 0.25) is 0 Å². The lowest BCUT2D eigenvalue weighted by atomic mass is 10.0. The van der Waals surface area contributed by atoms with Gasteiger partial charge in [0, 0.05) is 15.6 Å². The quantitative estimate of drug-likeness (QED) is 0.489. The summed E-state index contributed by atoms with van der Waals surface area (Å²) in [5.41, 5.74) is 1.49. The van der Waals surface area contributed by atoms with Crippen LogP contribution >= 0.6 is 15.9 Å². The number of rotatable bonds is 4. The number of hydrogen-bond donors (Lipinski definition) is 0. The lowest BCUT2D eigenvalue weighted by Crippen LogP contribution is -2.13. The van der Waals surface area contributed by atoms with Crippen molar-refractivity contribution >= 4 is 32.5 Å². The third kappa shape index (κ3) is 3.34. The van der Waals surface area contributed by atoms with Gasteiger partial charge in [0.1, 0.15) is 6.54 Å². The zero-order valence-electron chi connectivity index (χ0n) is 13.1. The minimum absolute atomic E-state index is 0.0505. The van der Waals surface area contributed by atoms with E-state index in [1.165, 1.54) is 4.80 Å². The number of fused-ring (bicyclic) bond motifs is 1. The summed E-state index contributed by atoms with van der Waals surface area (Å²) in [6, 6.07) is 21.2. The molecule has 3 aromatic carbocycles. The van der Waals surface area contributed by atoms with E-state index in [1.54, 1.807) is 0 Å². The fourth-order valence-electron chi connectivity index (χ4n) is 2.61. The molecule has 0 N–H and O–H groups in total. The summed E-state index contributed by atoms with van der Waals surface area (Å²) in [5, 5.41) is 14.5. The monoisotopic (exact) mass is 392 g/mol. The van der Waals surface area contributed by atoms with Crippen LogP contribution in [0.3, 0.4) is 0 Å². The van der Waals surface area contributed by atoms with Gasteiger partial charge in [-0.2, -0.15) is 4.80 Å². The smallest absolute Gasteiger partial charge is 0.204 e. The first-order chi connectivity index (χ1) is 12.2. The SMILES string of the molecule is O=C(Cn1nnc(-c2ccc(Br)cc2)n1)c1ccc2ccccc2c1. The minimum atomic E-state index is -0.0505. The van der Waals surface area contributed by atoms with Gasteiger partial charge in [-0.3, -0.25) is 4.79 Å². The molecule has 0 aliphatic heterocycles. The van der Waals surface area contributed by atoms with Gasteiger partial charge in [0.25, 0.3) is 0 Å². The molecular formula is C19H13BrN4O. The number of carbonyl (C=O) groups is 1. The maximum atomic E-state index is 12.5. The number of benzene rings is 3. The molecule has 0 atom stereocenters. The number of tetrazole rings is 1. The Balaban J connectivity index is 1.55. The van der Waals surface area contributed by atoms with Crippen LogP contribution in [0.1, 0.15) is 10.4 Å². The molecule has 0 radical (unpaired) electrons.